The Kier molecular flexibility index (Phi) is 7.50. The van der Waals surface area contributed by atoms with Crippen molar-refractivity contribution < 1.29 is 18.8 Å². The number of benzene rings is 2. The molecule has 166 valence electrons. The van der Waals surface area contributed by atoms with Crippen LogP contribution in [0.5, 0.6) is 0 Å². The van der Waals surface area contributed by atoms with Crippen LogP contribution in [0, 0.1) is 12.7 Å². The van der Waals surface area contributed by atoms with E-state index in [0.717, 1.165) is 23.5 Å². The van der Waals surface area contributed by atoms with Gasteiger partial charge in [0.2, 0.25) is 5.91 Å². The summed E-state index contributed by atoms with van der Waals surface area (Å²) in [6.45, 7) is 1.56. The molecular weight excluding hydrogens is 476 g/mol. The number of anilines is 2. The highest BCUT2D eigenvalue weighted by atomic mass is 35.5. The normalized spacial score (nSPS) is 10.5. The van der Waals surface area contributed by atoms with Gasteiger partial charge in [-0.25, -0.2) is 4.39 Å². The summed E-state index contributed by atoms with van der Waals surface area (Å²) in [5, 5.41) is 6.24. The van der Waals surface area contributed by atoms with Crippen LogP contribution in [0.15, 0.2) is 48.5 Å². The second-order valence-electron chi connectivity index (χ2n) is 6.92. The highest BCUT2D eigenvalue weighted by Crippen LogP contribution is 2.29. The molecule has 3 aromatic rings. The Balaban J connectivity index is 1.65. The summed E-state index contributed by atoms with van der Waals surface area (Å²) >= 11 is 12.9. The molecule has 2 N–H and O–H groups in total. The van der Waals surface area contributed by atoms with Crippen LogP contribution >= 0.6 is 34.5 Å². The standard InChI is InChI=1S/C22H18Cl2FN3O3S/c1-12-8-19(27-21(30)16-7-6-14(25)10-17(16)24)32-20(12)22(31)28(2)11-18(29)26-15-5-3-4-13(23)9-15/h3-10H,11H2,1-2H3,(H,26,29)(H,27,30). The molecule has 0 atom stereocenters. The maximum absolute atomic E-state index is 13.2. The van der Waals surface area contributed by atoms with Gasteiger partial charge in [-0.1, -0.05) is 29.3 Å². The zero-order valence-electron chi connectivity index (χ0n) is 17.0. The van der Waals surface area contributed by atoms with Crippen molar-refractivity contribution in [3.05, 3.63) is 80.4 Å². The smallest absolute Gasteiger partial charge is 0.264 e. The predicted molar refractivity (Wildman–Crippen MR) is 125 cm³/mol. The zero-order valence-corrected chi connectivity index (χ0v) is 19.4. The van der Waals surface area contributed by atoms with Crippen LogP contribution in [0.25, 0.3) is 0 Å². The number of hydrogen-bond donors (Lipinski definition) is 2. The van der Waals surface area contributed by atoms with Crippen LogP contribution in [-0.4, -0.2) is 36.2 Å². The van der Waals surface area contributed by atoms with Gasteiger partial charge in [-0.15, -0.1) is 11.3 Å². The second kappa shape index (κ2) is 10.1. The van der Waals surface area contributed by atoms with Crippen LogP contribution in [0.1, 0.15) is 25.6 Å². The third kappa shape index (κ3) is 5.85. The molecule has 0 aliphatic heterocycles. The molecule has 3 amide bonds. The van der Waals surface area contributed by atoms with Gasteiger partial charge in [-0.3, -0.25) is 14.4 Å². The fraction of sp³-hybridized carbons (Fsp3) is 0.136. The topological polar surface area (TPSA) is 78.5 Å². The van der Waals surface area contributed by atoms with Gasteiger partial charge in [0.15, 0.2) is 0 Å². The van der Waals surface area contributed by atoms with E-state index in [2.05, 4.69) is 10.6 Å². The van der Waals surface area contributed by atoms with Crippen molar-refractivity contribution in [2.75, 3.05) is 24.2 Å². The number of carbonyl (C=O) groups excluding carboxylic acids is 3. The van der Waals surface area contributed by atoms with E-state index in [4.69, 9.17) is 23.2 Å². The minimum Gasteiger partial charge on any atom is -0.332 e. The maximum Gasteiger partial charge on any atom is 0.264 e. The van der Waals surface area contributed by atoms with Crippen LogP contribution < -0.4 is 10.6 Å². The SMILES string of the molecule is Cc1cc(NC(=O)c2ccc(F)cc2Cl)sc1C(=O)N(C)CC(=O)Nc1cccc(Cl)c1. The number of halogens is 3. The summed E-state index contributed by atoms with van der Waals surface area (Å²) in [5.74, 6) is -1.82. The Morgan fingerprint density at radius 1 is 1.06 bits per heavy atom. The molecule has 0 fully saturated rings. The Hall–Kier alpha value is -2.94. The molecule has 32 heavy (non-hydrogen) atoms. The Bertz CT molecular complexity index is 1200. The van der Waals surface area contributed by atoms with Crippen molar-refractivity contribution in [3.8, 4) is 0 Å². The Morgan fingerprint density at radius 3 is 2.50 bits per heavy atom. The number of nitrogens with zero attached hydrogens (tertiary/aromatic N) is 1. The summed E-state index contributed by atoms with van der Waals surface area (Å²) in [6.07, 6.45) is 0. The average molecular weight is 494 g/mol. The first kappa shape index (κ1) is 23.7. The first-order valence-electron chi connectivity index (χ1n) is 9.31. The zero-order chi connectivity index (χ0) is 23.4. The molecule has 6 nitrogen and oxygen atoms in total. The summed E-state index contributed by atoms with van der Waals surface area (Å²) < 4.78 is 13.2. The van der Waals surface area contributed by atoms with Gasteiger partial charge in [0, 0.05) is 17.8 Å². The van der Waals surface area contributed by atoms with Gasteiger partial charge >= 0.3 is 0 Å². The van der Waals surface area contributed by atoms with Crippen molar-refractivity contribution in [2.24, 2.45) is 0 Å². The lowest BCUT2D eigenvalue weighted by atomic mass is 10.2. The van der Waals surface area contributed by atoms with E-state index in [1.807, 2.05) is 0 Å². The summed E-state index contributed by atoms with van der Waals surface area (Å²) in [6, 6.07) is 11.8. The molecule has 10 heteroatoms. The van der Waals surface area contributed by atoms with E-state index >= 15 is 0 Å². The molecule has 0 aliphatic rings. The maximum atomic E-state index is 13.2. The monoisotopic (exact) mass is 493 g/mol. The Labute approximate surface area is 197 Å². The largest absolute Gasteiger partial charge is 0.332 e. The third-order valence-corrected chi connectivity index (χ3v) is 6.05. The number of likely N-dealkylation sites (N-methyl/N-ethyl adjacent to an activating group) is 1. The first-order valence-corrected chi connectivity index (χ1v) is 10.9. The van der Waals surface area contributed by atoms with E-state index in [1.54, 1.807) is 37.3 Å². The first-order chi connectivity index (χ1) is 15.1. The molecule has 0 bridgehead atoms. The molecule has 1 aromatic heterocycles. The molecule has 2 aromatic carbocycles. The molecule has 0 saturated carbocycles. The lowest BCUT2D eigenvalue weighted by molar-refractivity contribution is -0.116. The molecule has 0 aliphatic carbocycles. The second-order valence-corrected chi connectivity index (χ2v) is 8.82. The lowest BCUT2D eigenvalue weighted by Crippen LogP contribution is -2.34. The summed E-state index contributed by atoms with van der Waals surface area (Å²) in [4.78, 5) is 39.2. The van der Waals surface area contributed by atoms with Crippen molar-refractivity contribution in [2.45, 2.75) is 6.92 Å². The fourth-order valence-corrected chi connectivity index (χ4v) is 4.34. The predicted octanol–water partition coefficient (Wildman–Crippen LogP) is 5.47. The number of hydrogen-bond acceptors (Lipinski definition) is 4. The van der Waals surface area contributed by atoms with E-state index in [-0.39, 0.29) is 28.9 Å². The van der Waals surface area contributed by atoms with Crippen LogP contribution in [-0.2, 0) is 4.79 Å². The van der Waals surface area contributed by atoms with Crippen molar-refractivity contribution in [1.82, 2.24) is 4.90 Å². The average Bonchev–Trinajstić information content (AvgIpc) is 3.06. The van der Waals surface area contributed by atoms with Crippen molar-refractivity contribution in [3.63, 3.8) is 0 Å². The summed E-state index contributed by atoms with van der Waals surface area (Å²) in [7, 11) is 1.51. The van der Waals surface area contributed by atoms with Gasteiger partial charge in [-0.2, -0.15) is 0 Å². The molecule has 3 rings (SSSR count). The molecule has 0 spiro atoms. The highest BCUT2D eigenvalue weighted by molar-refractivity contribution is 7.18. The number of nitrogens with one attached hydrogen (secondary N) is 2. The number of amides is 3. The minimum absolute atomic E-state index is 0.0162. The molecule has 1 heterocycles. The van der Waals surface area contributed by atoms with Gasteiger partial charge in [-0.05, 0) is 55.0 Å². The molecule has 0 saturated heterocycles. The van der Waals surface area contributed by atoms with Gasteiger partial charge < -0.3 is 15.5 Å². The number of aryl methyl sites for hydroxylation is 1. The minimum atomic E-state index is -0.547. The molecular formula is C22H18Cl2FN3O3S. The van der Waals surface area contributed by atoms with Gasteiger partial charge in [0.1, 0.15) is 5.82 Å². The van der Waals surface area contributed by atoms with Gasteiger partial charge in [0.05, 0.1) is 27.0 Å². The van der Waals surface area contributed by atoms with Crippen LogP contribution in [0.2, 0.25) is 10.0 Å². The Morgan fingerprint density at radius 2 is 1.81 bits per heavy atom. The summed E-state index contributed by atoms with van der Waals surface area (Å²) in [5.41, 5.74) is 1.28. The van der Waals surface area contributed by atoms with Crippen LogP contribution in [0.3, 0.4) is 0 Å². The molecule has 0 unspecified atom stereocenters. The van der Waals surface area contributed by atoms with E-state index in [9.17, 15) is 18.8 Å². The van der Waals surface area contributed by atoms with Crippen molar-refractivity contribution >= 4 is 62.9 Å². The van der Waals surface area contributed by atoms with E-state index < -0.39 is 11.7 Å². The highest BCUT2D eigenvalue weighted by Gasteiger charge is 2.21. The van der Waals surface area contributed by atoms with Crippen molar-refractivity contribution in [1.29, 1.82) is 0 Å². The number of carbonyl (C=O) groups is 3. The third-order valence-electron chi connectivity index (χ3n) is 4.36. The number of rotatable bonds is 6. The quantitative estimate of drug-likeness (QED) is 0.478. The number of thiophene rings is 1. The lowest BCUT2D eigenvalue weighted by Gasteiger charge is -2.16. The van der Waals surface area contributed by atoms with E-state index in [0.29, 0.717) is 26.2 Å². The molecule has 0 radical (unpaired) electrons. The van der Waals surface area contributed by atoms with E-state index in [1.165, 1.54) is 18.0 Å². The fourth-order valence-electron chi connectivity index (χ4n) is 2.84. The van der Waals surface area contributed by atoms with Crippen LogP contribution in [0.4, 0.5) is 15.1 Å². The van der Waals surface area contributed by atoms with Gasteiger partial charge in [0.25, 0.3) is 11.8 Å².